The third-order valence-electron chi connectivity index (χ3n) is 7.14. The van der Waals surface area contributed by atoms with E-state index in [0.717, 1.165) is 86.4 Å². The molecule has 1 saturated heterocycles. The van der Waals surface area contributed by atoms with Crippen molar-refractivity contribution < 1.29 is 14.1 Å². The quantitative estimate of drug-likeness (QED) is 0.487. The van der Waals surface area contributed by atoms with Gasteiger partial charge in [-0.05, 0) is 94.1 Å². The van der Waals surface area contributed by atoms with E-state index >= 15 is 0 Å². The van der Waals surface area contributed by atoms with E-state index in [0.29, 0.717) is 12.5 Å². The van der Waals surface area contributed by atoms with Crippen molar-refractivity contribution >= 4 is 16.9 Å². The molecule has 0 atom stereocenters. The molecule has 0 N–H and O–H groups in total. The fourth-order valence-corrected chi connectivity index (χ4v) is 5.07. The van der Waals surface area contributed by atoms with Gasteiger partial charge in [-0.1, -0.05) is 17.3 Å². The number of aryl methyl sites for hydroxylation is 1. The van der Waals surface area contributed by atoms with E-state index in [1.54, 1.807) is 4.90 Å². The molecule has 2 aliphatic heterocycles. The van der Waals surface area contributed by atoms with E-state index in [-0.39, 0.29) is 5.91 Å². The highest BCUT2D eigenvalue weighted by Crippen LogP contribution is 2.33. The average Bonchev–Trinajstić information content (AvgIpc) is 3.25. The lowest BCUT2D eigenvalue weighted by Gasteiger charge is -2.31. The van der Waals surface area contributed by atoms with Crippen molar-refractivity contribution in [1.29, 1.82) is 0 Å². The molecule has 174 valence electrons. The van der Waals surface area contributed by atoms with Crippen LogP contribution in [-0.4, -0.2) is 60.7 Å². The molecule has 0 aliphatic carbocycles. The fraction of sp³-hybridized carbons (Fsp3) is 0.481. The Kier molecular flexibility index (Phi) is 6.36. The van der Waals surface area contributed by atoms with Crippen LogP contribution in [0.1, 0.15) is 58.8 Å². The lowest BCUT2D eigenvalue weighted by atomic mass is 9.91. The number of benzene rings is 2. The molecule has 6 nitrogen and oxygen atoms in total. The van der Waals surface area contributed by atoms with Gasteiger partial charge in [0, 0.05) is 30.5 Å². The third-order valence-corrected chi connectivity index (χ3v) is 7.14. The van der Waals surface area contributed by atoms with E-state index in [2.05, 4.69) is 35.2 Å². The van der Waals surface area contributed by atoms with Crippen LogP contribution in [0, 0.1) is 6.92 Å². The van der Waals surface area contributed by atoms with Crippen molar-refractivity contribution in [3.05, 3.63) is 58.8 Å². The van der Waals surface area contributed by atoms with Crippen LogP contribution in [-0.2, 0) is 6.42 Å². The molecule has 2 aliphatic rings. The van der Waals surface area contributed by atoms with Crippen molar-refractivity contribution in [1.82, 2.24) is 15.0 Å². The molecule has 0 saturated carbocycles. The molecule has 1 aromatic heterocycles. The summed E-state index contributed by atoms with van der Waals surface area (Å²) in [4.78, 5) is 16.7. The Morgan fingerprint density at radius 2 is 1.94 bits per heavy atom. The minimum Gasteiger partial charge on any atom is -0.494 e. The first-order valence-electron chi connectivity index (χ1n) is 12.2. The molecule has 6 heteroatoms. The highest BCUT2D eigenvalue weighted by atomic mass is 16.5. The number of likely N-dealkylation sites (tertiary alicyclic amines) is 1. The second-order valence-corrected chi connectivity index (χ2v) is 9.53. The summed E-state index contributed by atoms with van der Waals surface area (Å²) in [6.45, 7) is 6.86. The first-order valence-corrected chi connectivity index (χ1v) is 12.2. The lowest BCUT2D eigenvalue weighted by molar-refractivity contribution is 0.0780. The Hall–Kier alpha value is -2.86. The number of unbranched alkanes of at least 4 members (excludes halogenated alkanes) is 1. The predicted molar refractivity (Wildman–Crippen MR) is 129 cm³/mol. The zero-order chi connectivity index (χ0) is 22.8. The third kappa shape index (κ3) is 4.76. The van der Waals surface area contributed by atoms with Gasteiger partial charge in [0.05, 0.1) is 12.3 Å². The molecule has 0 radical (unpaired) electrons. The zero-order valence-corrected chi connectivity index (χ0v) is 19.7. The maximum absolute atomic E-state index is 12.4. The van der Waals surface area contributed by atoms with E-state index in [1.165, 1.54) is 10.9 Å². The van der Waals surface area contributed by atoms with Crippen LogP contribution in [0.3, 0.4) is 0 Å². The van der Waals surface area contributed by atoms with Crippen LogP contribution >= 0.6 is 0 Å². The Morgan fingerprint density at radius 1 is 1.09 bits per heavy atom. The van der Waals surface area contributed by atoms with Crippen molar-refractivity contribution in [3.8, 4) is 5.75 Å². The maximum atomic E-state index is 12.4. The molecule has 3 aromatic rings. The number of likely N-dealkylation sites (N-methyl/N-ethyl adjacent to an activating group) is 1. The summed E-state index contributed by atoms with van der Waals surface area (Å²) in [5.41, 5.74) is 5.16. The number of piperidine rings is 1. The summed E-state index contributed by atoms with van der Waals surface area (Å²) in [6.07, 6.45) is 5.30. The molecule has 33 heavy (non-hydrogen) atoms. The molecule has 0 spiro atoms. The Bertz CT molecular complexity index is 1130. The molecule has 0 unspecified atom stereocenters. The van der Waals surface area contributed by atoms with Gasteiger partial charge in [0.25, 0.3) is 5.91 Å². The van der Waals surface area contributed by atoms with Crippen molar-refractivity contribution in [2.75, 3.05) is 39.8 Å². The number of ether oxygens (including phenoxy) is 1. The van der Waals surface area contributed by atoms with E-state index in [4.69, 9.17) is 9.26 Å². The molecular formula is C27H33N3O3. The molecule has 5 rings (SSSR count). The van der Waals surface area contributed by atoms with Gasteiger partial charge in [-0.15, -0.1) is 0 Å². The maximum Gasteiger partial charge on any atom is 0.254 e. The standard InChI is InChI=1S/C27H33N3O3/c1-19-5-8-23-25(17-19)33-28-26(23)21-10-14-30(15-11-21)12-3-4-16-32-22-7-6-20-9-13-29(2)27(31)24(20)18-22/h5-8,17-18,21H,3-4,9-16H2,1-2H3. The van der Waals surface area contributed by atoms with E-state index in [1.807, 2.05) is 25.2 Å². The summed E-state index contributed by atoms with van der Waals surface area (Å²) in [7, 11) is 1.86. The number of nitrogens with zero attached hydrogens (tertiary/aromatic N) is 3. The summed E-state index contributed by atoms with van der Waals surface area (Å²) < 4.78 is 11.5. The Labute approximate surface area is 195 Å². The van der Waals surface area contributed by atoms with Gasteiger partial charge >= 0.3 is 0 Å². The highest BCUT2D eigenvalue weighted by Gasteiger charge is 2.25. The normalized spacial score (nSPS) is 17.5. The molecule has 3 heterocycles. The molecular weight excluding hydrogens is 414 g/mol. The summed E-state index contributed by atoms with van der Waals surface area (Å²) >= 11 is 0. The van der Waals surface area contributed by atoms with Crippen LogP contribution in [0.2, 0.25) is 0 Å². The van der Waals surface area contributed by atoms with Crippen LogP contribution in [0.5, 0.6) is 5.75 Å². The van der Waals surface area contributed by atoms with Gasteiger partial charge in [-0.25, -0.2) is 0 Å². The van der Waals surface area contributed by atoms with Gasteiger partial charge in [0.15, 0.2) is 5.58 Å². The van der Waals surface area contributed by atoms with E-state index in [9.17, 15) is 4.79 Å². The lowest BCUT2D eigenvalue weighted by Crippen LogP contribution is -2.34. The minimum atomic E-state index is 0.0961. The average molecular weight is 448 g/mol. The summed E-state index contributed by atoms with van der Waals surface area (Å²) in [5, 5.41) is 5.58. The van der Waals surface area contributed by atoms with Crippen molar-refractivity contribution in [3.63, 3.8) is 0 Å². The number of amides is 1. The van der Waals surface area contributed by atoms with Gasteiger partial charge < -0.3 is 19.1 Å². The van der Waals surface area contributed by atoms with Gasteiger partial charge in [0.2, 0.25) is 0 Å². The molecule has 0 bridgehead atoms. The smallest absolute Gasteiger partial charge is 0.254 e. The Balaban J connectivity index is 1.04. The first kappa shape index (κ1) is 22.0. The van der Waals surface area contributed by atoms with Crippen molar-refractivity contribution in [2.24, 2.45) is 0 Å². The second-order valence-electron chi connectivity index (χ2n) is 9.53. The number of aromatic nitrogens is 1. The highest BCUT2D eigenvalue weighted by molar-refractivity contribution is 5.97. The molecule has 2 aromatic carbocycles. The monoisotopic (exact) mass is 447 g/mol. The number of fused-ring (bicyclic) bond motifs is 2. The fourth-order valence-electron chi connectivity index (χ4n) is 5.07. The summed E-state index contributed by atoms with van der Waals surface area (Å²) in [5.74, 6) is 1.38. The first-order chi connectivity index (χ1) is 16.1. The largest absolute Gasteiger partial charge is 0.494 e. The molecule has 1 fully saturated rings. The second kappa shape index (κ2) is 9.56. The number of carbonyl (C=O) groups is 1. The van der Waals surface area contributed by atoms with Crippen LogP contribution in [0.15, 0.2) is 40.9 Å². The Morgan fingerprint density at radius 3 is 2.79 bits per heavy atom. The van der Waals surface area contributed by atoms with Gasteiger partial charge in [-0.2, -0.15) is 0 Å². The van der Waals surface area contributed by atoms with E-state index < -0.39 is 0 Å². The number of hydrogen-bond acceptors (Lipinski definition) is 5. The number of hydrogen-bond donors (Lipinski definition) is 0. The van der Waals surface area contributed by atoms with Crippen LogP contribution in [0.4, 0.5) is 0 Å². The van der Waals surface area contributed by atoms with Gasteiger partial charge in [0.1, 0.15) is 5.75 Å². The topological polar surface area (TPSA) is 58.8 Å². The summed E-state index contributed by atoms with van der Waals surface area (Å²) in [6, 6.07) is 12.3. The van der Waals surface area contributed by atoms with Crippen LogP contribution < -0.4 is 4.74 Å². The number of carbonyl (C=O) groups excluding carboxylic acids is 1. The zero-order valence-electron chi connectivity index (χ0n) is 19.7. The number of rotatable bonds is 7. The molecule has 1 amide bonds. The van der Waals surface area contributed by atoms with Crippen LogP contribution in [0.25, 0.3) is 11.0 Å². The minimum absolute atomic E-state index is 0.0961. The van der Waals surface area contributed by atoms with Crippen molar-refractivity contribution in [2.45, 2.75) is 44.9 Å². The predicted octanol–water partition coefficient (Wildman–Crippen LogP) is 4.80. The van der Waals surface area contributed by atoms with Gasteiger partial charge in [-0.3, -0.25) is 4.79 Å². The SMILES string of the molecule is Cc1ccc2c(C3CCN(CCCCOc4ccc5c(c4)C(=O)N(C)CC5)CC3)noc2c1.